The van der Waals surface area contributed by atoms with E-state index >= 15 is 0 Å². The van der Waals surface area contributed by atoms with Gasteiger partial charge in [-0.2, -0.15) is 5.26 Å². The van der Waals surface area contributed by atoms with Crippen molar-refractivity contribution in [1.82, 2.24) is 9.55 Å². The van der Waals surface area contributed by atoms with Crippen molar-refractivity contribution in [2.45, 2.75) is 39.2 Å². The summed E-state index contributed by atoms with van der Waals surface area (Å²) < 4.78 is 7.73. The molecule has 0 aromatic carbocycles. The van der Waals surface area contributed by atoms with E-state index in [1.807, 2.05) is 11.5 Å². The summed E-state index contributed by atoms with van der Waals surface area (Å²) in [6, 6.07) is 2.19. The Labute approximate surface area is 91.6 Å². The van der Waals surface area contributed by atoms with Crippen LogP contribution < -0.4 is 0 Å². The third kappa shape index (κ3) is 3.18. The molecule has 1 aromatic heterocycles. The molecule has 0 aliphatic carbocycles. The van der Waals surface area contributed by atoms with E-state index < -0.39 is 14.4 Å². The van der Waals surface area contributed by atoms with E-state index in [9.17, 15) is 0 Å². The zero-order chi connectivity index (χ0) is 11.5. The standard InChI is InChI=1S/C10H17N3OSi/c1-5-13-8-12-7-9(13)10(6-11)14-15(2,3)4/h7-8,10H,5H2,1-4H3. The number of rotatable bonds is 4. The van der Waals surface area contributed by atoms with E-state index in [1.165, 1.54) is 0 Å². The van der Waals surface area contributed by atoms with Gasteiger partial charge < -0.3 is 8.99 Å². The summed E-state index contributed by atoms with van der Waals surface area (Å²) in [5.74, 6) is 0. The predicted molar refractivity (Wildman–Crippen MR) is 60.7 cm³/mol. The molecule has 4 nitrogen and oxygen atoms in total. The number of imidazole rings is 1. The lowest BCUT2D eigenvalue weighted by Crippen LogP contribution is -2.28. The monoisotopic (exact) mass is 223 g/mol. The second kappa shape index (κ2) is 4.60. The molecule has 1 rings (SSSR count). The number of nitrogens with zero attached hydrogens (tertiary/aromatic N) is 3. The molecule has 0 aliphatic rings. The molecule has 0 saturated carbocycles. The second-order valence-corrected chi connectivity index (χ2v) is 8.80. The molecule has 0 radical (unpaired) electrons. The van der Waals surface area contributed by atoms with E-state index in [0.29, 0.717) is 0 Å². The van der Waals surface area contributed by atoms with Crippen molar-refractivity contribution in [3.8, 4) is 6.07 Å². The fourth-order valence-corrected chi connectivity index (χ4v) is 2.20. The minimum Gasteiger partial charge on any atom is -0.398 e. The van der Waals surface area contributed by atoms with Crippen molar-refractivity contribution >= 4 is 8.32 Å². The van der Waals surface area contributed by atoms with Gasteiger partial charge in [-0.3, -0.25) is 0 Å². The minimum atomic E-state index is -1.70. The fourth-order valence-electron chi connectivity index (χ4n) is 1.32. The maximum atomic E-state index is 9.09. The first-order valence-electron chi connectivity index (χ1n) is 5.05. The summed E-state index contributed by atoms with van der Waals surface area (Å²) in [6.45, 7) is 9.05. The van der Waals surface area contributed by atoms with Crippen molar-refractivity contribution in [1.29, 1.82) is 5.26 Å². The van der Waals surface area contributed by atoms with Crippen molar-refractivity contribution in [3.63, 3.8) is 0 Å². The van der Waals surface area contributed by atoms with Crippen LogP contribution >= 0.6 is 0 Å². The van der Waals surface area contributed by atoms with Gasteiger partial charge in [-0.1, -0.05) is 0 Å². The summed E-state index contributed by atoms with van der Waals surface area (Å²) >= 11 is 0. The third-order valence-electron chi connectivity index (χ3n) is 1.94. The van der Waals surface area contributed by atoms with E-state index in [2.05, 4.69) is 30.7 Å². The van der Waals surface area contributed by atoms with E-state index in [4.69, 9.17) is 9.69 Å². The van der Waals surface area contributed by atoms with E-state index in [-0.39, 0.29) is 0 Å². The second-order valence-electron chi connectivity index (χ2n) is 4.34. The predicted octanol–water partition coefficient (Wildman–Crippen LogP) is 2.32. The lowest BCUT2D eigenvalue weighted by atomic mass is 10.3. The van der Waals surface area contributed by atoms with Crippen LogP contribution in [0.1, 0.15) is 18.7 Å². The Morgan fingerprint density at radius 1 is 1.60 bits per heavy atom. The Morgan fingerprint density at radius 2 is 2.27 bits per heavy atom. The molecule has 0 N–H and O–H groups in total. The van der Waals surface area contributed by atoms with Gasteiger partial charge in [0.1, 0.15) is 0 Å². The number of nitriles is 1. The van der Waals surface area contributed by atoms with Crippen LogP contribution in [0.25, 0.3) is 0 Å². The molecule has 1 atom stereocenters. The number of aryl methyl sites for hydroxylation is 1. The first-order chi connectivity index (χ1) is 6.98. The molecule has 1 heterocycles. The van der Waals surface area contributed by atoms with E-state index in [1.54, 1.807) is 12.5 Å². The Bertz CT molecular complexity index is 361. The summed E-state index contributed by atoms with van der Waals surface area (Å²) in [5, 5.41) is 9.09. The molecule has 0 spiro atoms. The summed E-state index contributed by atoms with van der Waals surface area (Å²) in [4.78, 5) is 4.04. The Kier molecular flexibility index (Phi) is 3.66. The zero-order valence-electron chi connectivity index (χ0n) is 9.69. The summed E-state index contributed by atoms with van der Waals surface area (Å²) in [7, 11) is -1.70. The molecule has 15 heavy (non-hydrogen) atoms. The average Bonchev–Trinajstić information content (AvgIpc) is 2.60. The maximum absolute atomic E-state index is 9.09. The van der Waals surface area contributed by atoms with Crippen molar-refractivity contribution in [2.24, 2.45) is 0 Å². The van der Waals surface area contributed by atoms with Gasteiger partial charge in [0.15, 0.2) is 14.4 Å². The smallest absolute Gasteiger partial charge is 0.186 e. The first-order valence-corrected chi connectivity index (χ1v) is 8.46. The van der Waals surface area contributed by atoms with Crippen molar-refractivity contribution < 1.29 is 4.43 Å². The van der Waals surface area contributed by atoms with Gasteiger partial charge in [-0.15, -0.1) is 0 Å². The summed E-state index contributed by atoms with van der Waals surface area (Å²) in [5.41, 5.74) is 0.849. The summed E-state index contributed by atoms with van der Waals surface area (Å²) in [6.07, 6.45) is 2.95. The van der Waals surface area contributed by atoms with Gasteiger partial charge in [0.05, 0.1) is 24.3 Å². The van der Waals surface area contributed by atoms with Crippen LogP contribution in [0.15, 0.2) is 12.5 Å². The first kappa shape index (κ1) is 11.9. The average molecular weight is 223 g/mol. The lowest BCUT2D eigenvalue weighted by molar-refractivity contribution is 0.244. The minimum absolute atomic E-state index is 0.487. The third-order valence-corrected chi connectivity index (χ3v) is 2.89. The molecule has 0 fully saturated rings. The van der Waals surface area contributed by atoms with Crippen LogP contribution in [-0.4, -0.2) is 17.9 Å². The van der Waals surface area contributed by atoms with Crippen molar-refractivity contribution in [2.75, 3.05) is 0 Å². The highest BCUT2D eigenvalue weighted by Crippen LogP contribution is 2.21. The largest absolute Gasteiger partial charge is 0.398 e. The molecule has 1 unspecified atom stereocenters. The molecule has 5 heteroatoms. The van der Waals surface area contributed by atoms with Gasteiger partial charge in [0.25, 0.3) is 0 Å². The molecule has 82 valence electrons. The maximum Gasteiger partial charge on any atom is 0.186 e. The highest BCUT2D eigenvalue weighted by atomic mass is 28.4. The number of hydrogen-bond acceptors (Lipinski definition) is 3. The van der Waals surface area contributed by atoms with Crippen LogP contribution in [0, 0.1) is 11.3 Å². The van der Waals surface area contributed by atoms with Crippen LogP contribution in [0.2, 0.25) is 19.6 Å². The topological polar surface area (TPSA) is 50.8 Å². The molecule has 0 saturated heterocycles. The van der Waals surface area contributed by atoms with Crippen LogP contribution in [-0.2, 0) is 11.0 Å². The Morgan fingerprint density at radius 3 is 2.73 bits per heavy atom. The van der Waals surface area contributed by atoms with Gasteiger partial charge in [-0.25, -0.2) is 4.98 Å². The number of hydrogen-bond donors (Lipinski definition) is 0. The van der Waals surface area contributed by atoms with Gasteiger partial charge in [0, 0.05) is 6.54 Å². The Hall–Kier alpha value is -1.12. The van der Waals surface area contributed by atoms with Crippen molar-refractivity contribution in [3.05, 3.63) is 18.2 Å². The molecular weight excluding hydrogens is 206 g/mol. The highest BCUT2D eigenvalue weighted by molar-refractivity contribution is 6.69. The number of aromatic nitrogens is 2. The van der Waals surface area contributed by atoms with Crippen LogP contribution in [0.3, 0.4) is 0 Å². The fraction of sp³-hybridized carbons (Fsp3) is 0.600. The molecular formula is C10H17N3OSi. The van der Waals surface area contributed by atoms with Crippen LogP contribution in [0.5, 0.6) is 0 Å². The van der Waals surface area contributed by atoms with E-state index in [0.717, 1.165) is 12.2 Å². The molecule has 0 amide bonds. The molecule has 0 bridgehead atoms. The van der Waals surface area contributed by atoms with Crippen LogP contribution in [0.4, 0.5) is 0 Å². The SMILES string of the molecule is CCn1cncc1C(C#N)O[Si](C)(C)C. The van der Waals surface area contributed by atoms with Gasteiger partial charge >= 0.3 is 0 Å². The molecule has 1 aromatic rings. The highest BCUT2D eigenvalue weighted by Gasteiger charge is 2.24. The molecule has 0 aliphatic heterocycles. The Balaban J connectivity index is 2.89. The normalized spacial score (nSPS) is 13.5. The lowest BCUT2D eigenvalue weighted by Gasteiger charge is -2.22. The zero-order valence-corrected chi connectivity index (χ0v) is 10.7. The van der Waals surface area contributed by atoms with Gasteiger partial charge in [-0.05, 0) is 26.6 Å². The van der Waals surface area contributed by atoms with Gasteiger partial charge in [0.2, 0.25) is 0 Å². The quantitative estimate of drug-likeness (QED) is 0.736.